The van der Waals surface area contributed by atoms with Gasteiger partial charge in [-0.2, -0.15) is 0 Å². The smallest absolute Gasteiger partial charge is 0.0406 e. The molecule has 0 radical (unpaired) electrons. The lowest BCUT2D eigenvalue weighted by Crippen LogP contribution is -1.84. The summed E-state index contributed by atoms with van der Waals surface area (Å²) < 4.78 is 0. The third kappa shape index (κ3) is 3.77. The minimum absolute atomic E-state index is 0.799. The summed E-state index contributed by atoms with van der Waals surface area (Å²) in [5.74, 6) is 1.06. The molecule has 0 unspecified atom stereocenters. The van der Waals surface area contributed by atoms with Gasteiger partial charge < -0.3 is 0 Å². The van der Waals surface area contributed by atoms with Crippen LogP contribution in [0.25, 0.3) is 0 Å². The highest BCUT2D eigenvalue weighted by atomic mass is 35.5. The molecule has 0 heterocycles. The Morgan fingerprint density at radius 3 is 2.21 bits per heavy atom. The average Bonchev–Trinajstić information content (AvgIpc) is 2.16. The maximum atomic E-state index is 5.81. The van der Waals surface area contributed by atoms with Crippen LogP contribution < -0.4 is 0 Å². The molecular formula is C12H15ClS. The molecule has 14 heavy (non-hydrogen) atoms. The van der Waals surface area contributed by atoms with E-state index in [1.165, 1.54) is 16.0 Å². The van der Waals surface area contributed by atoms with Crippen molar-refractivity contribution in [2.24, 2.45) is 0 Å². The molecule has 0 fully saturated rings. The molecule has 0 bridgehead atoms. The summed E-state index contributed by atoms with van der Waals surface area (Å²) >= 11 is 7.66. The van der Waals surface area contributed by atoms with Crippen LogP contribution in [0, 0.1) is 0 Å². The predicted octanol–water partition coefficient (Wildman–Crippen LogP) is 4.79. The summed E-state index contributed by atoms with van der Waals surface area (Å²) in [5.41, 5.74) is 2.86. The van der Waals surface area contributed by atoms with Crippen molar-refractivity contribution in [3.63, 3.8) is 0 Å². The molecule has 0 aliphatic heterocycles. The number of allylic oxidation sites excluding steroid dienone is 1. The van der Waals surface area contributed by atoms with Gasteiger partial charge in [-0.3, -0.25) is 0 Å². The van der Waals surface area contributed by atoms with Gasteiger partial charge in [-0.1, -0.05) is 22.7 Å². The maximum absolute atomic E-state index is 5.81. The fourth-order valence-corrected chi connectivity index (χ4v) is 1.99. The number of rotatable bonds is 3. The van der Waals surface area contributed by atoms with E-state index in [-0.39, 0.29) is 0 Å². The zero-order chi connectivity index (χ0) is 10.6. The highest BCUT2D eigenvalue weighted by molar-refractivity contribution is 7.99. The van der Waals surface area contributed by atoms with E-state index in [1.54, 1.807) is 0 Å². The number of thioether (sulfide) groups is 1. The van der Waals surface area contributed by atoms with E-state index in [0.29, 0.717) is 0 Å². The SMILES string of the molecule is CC(C)=C(C)CSc1ccc(Cl)cc1. The van der Waals surface area contributed by atoms with E-state index in [1.807, 2.05) is 23.9 Å². The predicted molar refractivity (Wildman–Crippen MR) is 66.2 cm³/mol. The molecule has 2 heteroatoms. The normalized spacial score (nSPS) is 10.0. The summed E-state index contributed by atoms with van der Waals surface area (Å²) in [6.45, 7) is 6.48. The highest BCUT2D eigenvalue weighted by Gasteiger charge is 1.96. The van der Waals surface area contributed by atoms with E-state index in [9.17, 15) is 0 Å². The van der Waals surface area contributed by atoms with Gasteiger partial charge >= 0.3 is 0 Å². The second kappa shape index (κ2) is 5.47. The number of hydrogen-bond donors (Lipinski definition) is 0. The minimum atomic E-state index is 0.799. The van der Waals surface area contributed by atoms with Gasteiger partial charge in [-0.25, -0.2) is 0 Å². The second-order valence-corrected chi connectivity index (χ2v) is 5.01. The lowest BCUT2D eigenvalue weighted by atomic mass is 10.2. The molecule has 76 valence electrons. The topological polar surface area (TPSA) is 0 Å². The van der Waals surface area contributed by atoms with E-state index >= 15 is 0 Å². The van der Waals surface area contributed by atoms with Gasteiger partial charge in [-0.05, 0) is 45.0 Å². The van der Waals surface area contributed by atoms with Gasteiger partial charge in [0.2, 0.25) is 0 Å². The zero-order valence-corrected chi connectivity index (χ0v) is 10.4. The number of benzene rings is 1. The van der Waals surface area contributed by atoms with Crippen LogP contribution in [0.4, 0.5) is 0 Å². The monoisotopic (exact) mass is 226 g/mol. The first-order valence-electron chi connectivity index (χ1n) is 4.61. The van der Waals surface area contributed by atoms with Crippen molar-refractivity contribution in [3.8, 4) is 0 Å². The molecule has 1 rings (SSSR count). The Balaban J connectivity index is 2.54. The molecule has 0 aliphatic carbocycles. The van der Waals surface area contributed by atoms with Crippen LogP contribution in [-0.4, -0.2) is 5.75 Å². The highest BCUT2D eigenvalue weighted by Crippen LogP contribution is 2.23. The average molecular weight is 227 g/mol. The Hall–Kier alpha value is -0.400. The largest absolute Gasteiger partial charge is 0.122 e. The van der Waals surface area contributed by atoms with Crippen molar-refractivity contribution in [2.75, 3.05) is 5.75 Å². The molecule has 0 aromatic heterocycles. The van der Waals surface area contributed by atoms with Gasteiger partial charge in [-0.15, -0.1) is 11.8 Å². The molecular weight excluding hydrogens is 212 g/mol. The van der Waals surface area contributed by atoms with Crippen LogP contribution in [0.5, 0.6) is 0 Å². The molecule has 1 aromatic carbocycles. The lowest BCUT2D eigenvalue weighted by Gasteiger charge is -2.03. The van der Waals surface area contributed by atoms with Crippen molar-refractivity contribution >= 4 is 23.4 Å². The van der Waals surface area contributed by atoms with Gasteiger partial charge in [0.25, 0.3) is 0 Å². The quantitative estimate of drug-likeness (QED) is 0.528. The minimum Gasteiger partial charge on any atom is -0.122 e. The molecule has 0 saturated heterocycles. The Labute approximate surface area is 95.4 Å². The molecule has 0 amide bonds. The Morgan fingerprint density at radius 2 is 1.71 bits per heavy atom. The van der Waals surface area contributed by atoms with Gasteiger partial charge in [0, 0.05) is 15.7 Å². The van der Waals surface area contributed by atoms with E-state index in [0.717, 1.165) is 10.8 Å². The lowest BCUT2D eigenvalue weighted by molar-refractivity contribution is 1.24. The van der Waals surface area contributed by atoms with Crippen molar-refractivity contribution in [2.45, 2.75) is 25.7 Å². The molecule has 0 N–H and O–H groups in total. The van der Waals surface area contributed by atoms with Crippen LogP contribution >= 0.6 is 23.4 Å². The van der Waals surface area contributed by atoms with Gasteiger partial charge in [0.15, 0.2) is 0 Å². The molecule has 0 aliphatic rings. The number of hydrogen-bond acceptors (Lipinski definition) is 1. The summed E-state index contributed by atoms with van der Waals surface area (Å²) in [5, 5.41) is 0.799. The van der Waals surface area contributed by atoms with Crippen LogP contribution in [0.2, 0.25) is 5.02 Å². The van der Waals surface area contributed by atoms with Crippen molar-refractivity contribution in [3.05, 3.63) is 40.4 Å². The summed E-state index contributed by atoms with van der Waals surface area (Å²) in [7, 11) is 0. The third-order valence-corrected chi connectivity index (χ3v) is 3.56. The van der Waals surface area contributed by atoms with Gasteiger partial charge in [0.1, 0.15) is 0 Å². The molecule has 0 spiro atoms. The fraction of sp³-hybridized carbons (Fsp3) is 0.333. The first kappa shape index (κ1) is 11.7. The Bertz CT molecular complexity index is 321. The second-order valence-electron chi connectivity index (χ2n) is 3.52. The zero-order valence-electron chi connectivity index (χ0n) is 8.80. The molecule has 0 atom stereocenters. The molecule has 0 saturated carbocycles. The summed E-state index contributed by atoms with van der Waals surface area (Å²) in [6.07, 6.45) is 0. The summed E-state index contributed by atoms with van der Waals surface area (Å²) in [4.78, 5) is 1.27. The summed E-state index contributed by atoms with van der Waals surface area (Å²) in [6, 6.07) is 7.99. The van der Waals surface area contributed by atoms with Crippen molar-refractivity contribution < 1.29 is 0 Å². The molecule has 0 nitrogen and oxygen atoms in total. The number of halogens is 1. The maximum Gasteiger partial charge on any atom is 0.0406 e. The standard InChI is InChI=1S/C12H15ClS/c1-9(2)10(3)8-14-12-6-4-11(13)5-7-12/h4-7H,8H2,1-3H3. The van der Waals surface area contributed by atoms with Crippen molar-refractivity contribution in [1.82, 2.24) is 0 Å². The first-order chi connectivity index (χ1) is 6.59. The molecule has 1 aromatic rings. The fourth-order valence-electron chi connectivity index (χ4n) is 0.867. The van der Waals surface area contributed by atoms with Crippen LogP contribution in [0.3, 0.4) is 0 Å². The van der Waals surface area contributed by atoms with E-state index in [4.69, 9.17) is 11.6 Å². The van der Waals surface area contributed by atoms with Crippen molar-refractivity contribution in [1.29, 1.82) is 0 Å². The Morgan fingerprint density at radius 1 is 1.14 bits per heavy atom. The Kier molecular flexibility index (Phi) is 4.56. The van der Waals surface area contributed by atoms with E-state index in [2.05, 4.69) is 32.9 Å². The third-order valence-electron chi connectivity index (χ3n) is 2.12. The van der Waals surface area contributed by atoms with Crippen LogP contribution in [0.1, 0.15) is 20.8 Å². The van der Waals surface area contributed by atoms with Crippen LogP contribution in [-0.2, 0) is 0 Å². The van der Waals surface area contributed by atoms with E-state index < -0.39 is 0 Å². The first-order valence-corrected chi connectivity index (χ1v) is 5.97. The van der Waals surface area contributed by atoms with Gasteiger partial charge in [0.05, 0.1) is 0 Å². The van der Waals surface area contributed by atoms with Crippen LogP contribution in [0.15, 0.2) is 40.3 Å².